The van der Waals surface area contributed by atoms with Crippen LogP contribution < -0.4 is 11.3 Å². The minimum Gasteiger partial charge on any atom is -0.271 e. The highest BCUT2D eigenvalue weighted by Gasteiger charge is 2.11. The second-order valence-electron chi connectivity index (χ2n) is 5.00. The summed E-state index contributed by atoms with van der Waals surface area (Å²) in [7, 11) is 0. The molecule has 0 amide bonds. The standard InChI is InChI=1S/C16H18Cl2N2/c1-11-3-2-4-12(7-11)8-15(20-19)9-13-5-6-14(17)10-16(13)18/h2-7,10,15,20H,8-9,19H2,1H3. The van der Waals surface area contributed by atoms with Gasteiger partial charge in [-0.3, -0.25) is 11.3 Å². The fraction of sp³-hybridized carbons (Fsp3) is 0.250. The topological polar surface area (TPSA) is 38.0 Å². The molecule has 4 heteroatoms. The Labute approximate surface area is 129 Å². The Morgan fingerprint density at radius 2 is 1.90 bits per heavy atom. The summed E-state index contributed by atoms with van der Waals surface area (Å²) < 4.78 is 0. The summed E-state index contributed by atoms with van der Waals surface area (Å²) in [6.45, 7) is 2.09. The van der Waals surface area contributed by atoms with E-state index in [1.807, 2.05) is 12.1 Å². The Bertz CT molecular complexity index is 584. The van der Waals surface area contributed by atoms with Crippen molar-refractivity contribution in [2.75, 3.05) is 0 Å². The van der Waals surface area contributed by atoms with E-state index in [2.05, 4.69) is 36.6 Å². The number of benzene rings is 2. The van der Waals surface area contributed by atoms with E-state index >= 15 is 0 Å². The third kappa shape index (κ3) is 4.22. The van der Waals surface area contributed by atoms with E-state index in [4.69, 9.17) is 29.0 Å². The Morgan fingerprint density at radius 3 is 2.55 bits per heavy atom. The molecule has 2 rings (SSSR count). The number of nitrogens with two attached hydrogens (primary N) is 1. The lowest BCUT2D eigenvalue weighted by atomic mass is 9.98. The zero-order valence-electron chi connectivity index (χ0n) is 11.4. The quantitative estimate of drug-likeness (QED) is 0.649. The van der Waals surface area contributed by atoms with Crippen LogP contribution in [0.5, 0.6) is 0 Å². The van der Waals surface area contributed by atoms with Crippen molar-refractivity contribution in [2.45, 2.75) is 25.8 Å². The number of hydrazine groups is 1. The maximum absolute atomic E-state index is 6.21. The molecule has 0 aliphatic rings. The van der Waals surface area contributed by atoms with Crippen molar-refractivity contribution in [1.29, 1.82) is 0 Å². The average molecular weight is 309 g/mol. The summed E-state index contributed by atoms with van der Waals surface area (Å²) in [5.41, 5.74) is 6.43. The lowest BCUT2D eigenvalue weighted by Gasteiger charge is -2.17. The monoisotopic (exact) mass is 308 g/mol. The highest BCUT2D eigenvalue weighted by atomic mass is 35.5. The molecule has 106 valence electrons. The van der Waals surface area contributed by atoms with Crippen molar-refractivity contribution in [3.05, 3.63) is 69.2 Å². The van der Waals surface area contributed by atoms with Gasteiger partial charge in [-0.2, -0.15) is 0 Å². The van der Waals surface area contributed by atoms with E-state index in [0.717, 1.165) is 18.4 Å². The van der Waals surface area contributed by atoms with Gasteiger partial charge in [0.2, 0.25) is 0 Å². The van der Waals surface area contributed by atoms with E-state index in [1.54, 1.807) is 6.07 Å². The molecule has 0 heterocycles. The largest absolute Gasteiger partial charge is 0.271 e. The molecule has 0 saturated heterocycles. The molecule has 20 heavy (non-hydrogen) atoms. The van der Waals surface area contributed by atoms with Crippen LogP contribution in [0.4, 0.5) is 0 Å². The van der Waals surface area contributed by atoms with Crippen LogP contribution >= 0.6 is 23.2 Å². The molecule has 0 aliphatic carbocycles. The summed E-state index contributed by atoms with van der Waals surface area (Å²) in [4.78, 5) is 0. The highest BCUT2D eigenvalue weighted by molar-refractivity contribution is 6.35. The molecule has 2 aromatic rings. The second kappa shape index (κ2) is 7.09. The van der Waals surface area contributed by atoms with Gasteiger partial charge in [0.1, 0.15) is 0 Å². The maximum Gasteiger partial charge on any atom is 0.0453 e. The third-order valence-corrected chi connectivity index (χ3v) is 3.87. The number of hydrogen-bond donors (Lipinski definition) is 2. The smallest absolute Gasteiger partial charge is 0.0453 e. The summed E-state index contributed by atoms with van der Waals surface area (Å²) in [6, 6.07) is 14.1. The van der Waals surface area contributed by atoms with Gasteiger partial charge in [-0.25, -0.2) is 0 Å². The molecule has 0 radical (unpaired) electrons. The predicted molar refractivity (Wildman–Crippen MR) is 86.2 cm³/mol. The van der Waals surface area contributed by atoms with E-state index in [-0.39, 0.29) is 6.04 Å². The van der Waals surface area contributed by atoms with Crippen LogP contribution in [0.25, 0.3) is 0 Å². The third-order valence-electron chi connectivity index (χ3n) is 3.28. The first-order chi connectivity index (χ1) is 9.58. The van der Waals surface area contributed by atoms with Gasteiger partial charge in [-0.05, 0) is 43.0 Å². The van der Waals surface area contributed by atoms with Crippen molar-refractivity contribution >= 4 is 23.2 Å². The number of hydrogen-bond acceptors (Lipinski definition) is 2. The molecule has 0 fully saturated rings. The van der Waals surface area contributed by atoms with Crippen molar-refractivity contribution in [2.24, 2.45) is 5.84 Å². The summed E-state index contributed by atoms with van der Waals surface area (Å²) >= 11 is 12.1. The van der Waals surface area contributed by atoms with E-state index in [1.165, 1.54) is 11.1 Å². The molecule has 1 unspecified atom stereocenters. The number of aryl methyl sites for hydroxylation is 1. The fourth-order valence-electron chi connectivity index (χ4n) is 2.27. The lowest BCUT2D eigenvalue weighted by Crippen LogP contribution is -2.38. The van der Waals surface area contributed by atoms with Crippen molar-refractivity contribution in [1.82, 2.24) is 5.43 Å². The van der Waals surface area contributed by atoms with Gasteiger partial charge in [0.25, 0.3) is 0 Å². The summed E-state index contributed by atoms with van der Waals surface area (Å²) in [5, 5.41) is 1.33. The van der Waals surface area contributed by atoms with Gasteiger partial charge in [0.05, 0.1) is 0 Å². The Hall–Kier alpha value is -1.06. The predicted octanol–water partition coefficient (Wildman–Crippen LogP) is 3.92. The SMILES string of the molecule is Cc1cccc(CC(Cc2ccc(Cl)cc2Cl)NN)c1. The van der Waals surface area contributed by atoms with Crippen LogP contribution in [-0.4, -0.2) is 6.04 Å². The first-order valence-electron chi connectivity index (χ1n) is 6.54. The lowest BCUT2D eigenvalue weighted by molar-refractivity contribution is 0.522. The minimum absolute atomic E-state index is 0.135. The molecule has 1 atom stereocenters. The molecule has 2 aromatic carbocycles. The van der Waals surface area contributed by atoms with E-state index in [9.17, 15) is 0 Å². The Balaban J connectivity index is 2.09. The van der Waals surface area contributed by atoms with Gasteiger partial charge in [0, 0.05) is 16.1 Å². The van der Waals surface area contributed by atoms with Gasteiger partial charge in [0.15, 0.2) is 0 Å². The zero-order chi connectivity index (χ0) is 14.5. The molecule has 0 spiro atoms. The second-order valence-corrected chi connectivity index (χ2v) is 5.84. The Morgan fingerprint density at radius 1 is 1.10 bits per heavy atom. The van der Waals surface area contributed by atoms with Gasteiger partial charge in [-0.1, -0.05) is 59.1 Å². The van der Waals surface area contributed by atoms with E-state index < -0.39 is 0 Å². The molecule has 0 aliphatic heterocycles. The zero-order valence-corrected chi connectivity index (χ0v) is 12.9. The van der Waals surface area contributed by atoms with Crippen molar-refractivity contribution in [3.63, 3.8) is 0 Å². The molecular weight excluding hydrogens is 291 g/mol. The van der Waals surface area contributed by atoms with Crippen LogP contribution in [0.15, 0.2) is 42.5 Å². The number of rotatable bonds is 5. The number of halogens is 2. The van der Waals surface area contributed by atoms with Crippen LogP contribution in [-0.2, 0) is 12.8 Å². The highest BCUT2D eigenvalue weighted by Crippen LogP contribution is 2.22. The Kier molecular flexibility index (Phi) is 5.44. The van der Waals surface area contributed by atoms with Crippen molar-refractivity contribution < 1.29 is 0 Å². The van der Waals surface area contributed by atoms with Gasteiger partial charge >= 0.3 is 0 Å². The minimum atomic E-state index is 0.135. The molecular formula is C16H18Cl2N2. The average Bonchev–Trinajstić information content (AvgIpc) is 2.41. The van der Waals surface area contributed by atoms with Crippen molar-refractivity contribution in [3.8, 4) is 0 Å². The molecule has 2 nitrogen and oxygen atoms in total. The normalized spacial score (nSPS) is 12.4. The van der Waals surface area contributed by atoms with Gasteiger partial charge in [-0.15, -0.1) is 0 Å². The van der Waals surface area contributed by atoms with Crippen LogP contribution in [0.3, 0.4) is 0 Å². The molecule has 3 N–H and O–H groups in total. The summed E-state index contributed by atoms with van der Waals surface area (Å²) in [5.74, 6) is 5.67. The van der Waals surface area contributed by atoms with E-state index in [0.29, 0.717) is 10.0 Å². The molecule has 0 saturated carbocycles. The number of nitrogens with one attached hydrogen (secondary N) is 1. The molecule has 0 bridgehead atoms. The summed E-state index contributed by atoms with van der Waals surface area (Å²) in [6.07, 6.45) is 1.62. The molecule has 0 aromatic heterocycles. The van der Waals surface area contributed by atoms with Crippen LogP contribution in [0.2, 0.25) is 10.0 Å². The first-order valence-corrected chi connectivity index (χ1v) is 7.29. The van der Waals surface area contributed by atoms with Gasteiger partial charge < -0.3 is 0 Å². The van der Waals surface area contributed by atoms with Crippen LogP contribution in [0.1, 0.15) is 16.7 Å². The first kappa shape index (κ1) is 15.3. The van der Waals surface area contributed by atoms with Crippen LogP contribution in [0, 0.1) is 6.92 Å². The fourth-order valence-corrected chi connectivity index (χ4v) is 2.75. The maximum atomic E-state index is 6.21.